The summed E-state index contributed by atoms with van der Waals surface area (Å²) < 4.78 is 15.9. The van der Waals surface area contributed by atoms with Crippen molar-refractivity contribution in [2.24, 2.45) is 0 Å². The van der Waals surface area contributed by atoms with Crippen molar-refractivity contribution < 1.29 is 39.3 Å². The minimum Gasteiger partial charge on any atom is -1.00 e. The van der Waals surface area contributed by atoms with E-state index in [4.69, 9.17) is 14.2 Å². The Hall–Kier alpha value is -1.46. The second-order valence-electron chi connectivity index (χ2n) is 5.18. The van der Waals surface area contributed by atoms with E-state index >= 15 is 0 Å². The van der Waals surface area contributed by atoms with Crippen molar-refractivity contribution in [1.82, 2.24) is 0 Å². The minimum absolute atomic E-state index is 0. The quantitative estimate of drug-likeness (QED) is 0.570. The Kier molecular flexibility index (Phi) is 7.83. The Bertz CT molecular complexity index is 712. The number of carbonyl (C=O) groups excluding carboxylic acids is 1. The number of carbonyl (C=O) groups is 1. The molecule has 0 bridgehead atoms. The van der Waals surface area contributed by atoms with Crippen LogP contribution in [0.1, 0.15) is 22.9 Å². The summed E-state index contributed by atoms with van der Waals surface area (Å²) in [5, 5.41) is 1.03. The smallest absolute Gasteiger partial charge is 1.00 e. The van der Waals surface area contributed by atoms with Crippen LogP contribution in [0.4, 0.5) is 0 Å². The van der Waals surface area contributed by atoms with Gasteiger partial charge in [0.2, 0.25) is 0 Å². The van der Waals surface area contributed by atoms with Crippen molar-refractivity contribution in [2.45, 2.75) is 13.8 Å². The maximum atomic E-state index is 12.8. The van der Waals surface area contributed by atoms with Gasteiger partial charge in [0.15, 0.2) is 5.52 Å². The third-order valence-electron chi connectivity index (χ3n) is 3.57. The zero-order valence-electron chi connectivity index (χ0n) is 16.0. The predicted molar refractivity (Wildman–Crippen MR) is 95.4 cm³/mol. The Morgan fingerprint density at radius 1 is 0.958 bits per heavy atom. The third kappa shape index (κ3) is 4.54. The van der Waals surface area contributed by atoms with Crippen LogP contribution in [-0.4, -0.2) is 26.9 Å². The molecule has 0 saturated heterocycles. The van der Waals surface area contributed by atoms with Crippen LogP contribution in [0.25, 0.3) is 0 Å². The number of rotatable bonds is 6. The first-order valence-electron chi connectivity index (χ1n) is 7.18. The van der Waals surface area contributed by atoms with Gasteiger partial charge in [-0.05, 0) is 33.3 Å². The van der Waals surface area contributed by atoms with Crippen molar-refractivity contribution in [3.63, 3.8) is 0 Å². The van der Waals surface area contributed by atoms with Crippen LogP contribution in [0.2, 0.25) is 0 Å². The van der Waals surface area contributed by atoms with Crippen LogP contribution in [-0.2, 0) is 0 Å². The molecule has 2 aromatic rings. The molecule has 0 saturated carbocycles. The van der Waals surface area contributed by atoms with Crippen LogP contribution in [0.15, 0.2) is 30.3 Å². The van der Waals surface area contributed by atoms with E-state index in [1.165, 1.54) is 19.8 Å². The molecule has 124 valence electrons. The molecule has 0 spiro atoms. The molecule has 1 unspecified atom stereocenters. The van der Waals surface area contributed by atoms with Gasteiger partial charge >= 0.3 is 18.9 Å². The number of hydrogen-bond donors (Lipinski definition) is 0. The van der Waals surface area contributed by atoms with Crippen molar-refractivity contribution in [3.8, 4) is 17.2 Å². The van der Waals surface area contributed by atoms with E-state index in [1.54, 1.807) is 19.2 Å². The molecule has 0 radical (unpaired) electrons. The van der Waals surface area contributed by atoms with E-state index < -0.39 is 0 Å². The molecule has 0 amide bonds. The summed E-state index contributed by atoms with van der Waals surface area (Å²) in [5.74, 6) is 1.51. The number of benzene rings is 2. The fourth-order valence-corrected chi connectivity index (χ4v) is 3.42. The molecular weight excluding hydrogens is 318 g/mol. The fraction of sp³-hybridized carbons (Fsp3) is 0.278. The molecule has 2 aromatic carbocycles. The van der Waals surface area contributed by atoms with Crippen LogP contribution < -0.4 is 38.4 Å². The van der Waals surface area contributed by atoms with Gasteiger partial charge in [0.25, 0.3) is 0 Å². The van der Waals surface area contributed by atoms with Crippen molar-refractivity contribution in [3.05, 3.63) is 47.0 Å². The average molecular weight is 340 g/mol. The first-order valence-corrected chi connectivity index (χ1v) is 8.18. The van der Waals surface area contributed by atoms with Gasteiger partial charge in [-0.1, -0.05) is 23.8 Å². The number of ether oxygens (including phenoxy) is 3. The summed E-state index contributed by atoms with van der Waals surface area (Å²) in [6, 6.07) is 9.50. The maximum Gasteiger partial charge on any atom is 1.00 e. The Morgan fingerprint density at radius 3 is 2.00 bits per heavy atom. The van der Waals surface area contributed by atoms with Gasteiger partial charge in [0, 0.05) is 12.1 Å². The second kappa shape index (κ2) is 9.13. The van der Waals surface area contributed by atoms with E-state index in [9.17, 15) is 4.79 Å². The van der Waals surface area contributed by atoms with E-state index in [0.717, 1.165) is 10.9 Å². The summed E-state index contributed by atoms with van der Waals surface area (Å²) in [5.41, 5.74) is 2.73. The van der Waals surface area contributed by atoms with Crippen molar-refractivity contribution in [2.75, 3.05) is 21.3 Å². The van der Waals surface area contributed by atoms with E-state index in [1.807, 2.05) is 26.0 Å². The SMILES string of the molecule is COc1cc(OC)c(C(=O)Pc2ccc(C)cc2C)c(OC)c1.[H-].[Li+]. The third-order valence-corrected chi connectivity index (χ3v) is 4.88. The molecule has 0 aliphatic rings. The van der Waals surface area contributed by atoms with E-state index in [0.29, 0.717) is 22.8 Å². The standard InChI is InChI=1S/C18H21O4P.Li.H/c1-11-6-7-16(12(2)8-11)23-18(19)17-14(21-4)9-13(20-3)10-15(17)22-5;;/h6-10,23H,1-5H3;;/q;+1;-1. The first kappa shape index (κ1) is 20.6. The van der Waals surface area contributed by atoms with Crippen LogP contribution >= 0.6 is 8.58 Å². The molecule has 2 rings (SSSR count). The molecule has 0 aromatic heterocycles. The Morgan fingerprint density at radius 2 is 1.54 bits per heavy atom. The van der Waals surface area contributed by atoms with Crippen molar-refractivity contribution >= 4 is 19.4 Å². The molecule has 0 N–H and O–H groups in total. The molecule has 0 fully saturated rings. The summed E-state index contributed by atoms with van der Waals surface area (Å²) in [6.45, 7) is 4.06. The summed E-state index contributed by atoms with van der Waals surface area (Å²) >= 11 is 0. The second-order valence-corrected chi connectivity index (χ2v) is 6.42. The van der Waals surface area contributed by atoms with Gasteiger partial charge in [0.05, 0.1) is 21.3 Å². The van der Waals surface area contributed by atoms with Crippen LogP contribution in [0.3, 0.4) is 0 Å². The van der Waals surface area contributed by atoms with Crippen molar-refractivity contribution in [1.29, 1.82) is 0 Å². The molecule has 24 heavy (non-hydrogen) atoms. The zero-order chi connectivity index (χ0) is 17.0. The minimum atomic E-state index is -0.0201. The monoisotopic (exact) mass is 340 g/mol. The molecule has 0 aliphatic carbocycles. The largest absolute Gasteiger partial charge is 1.00 e. The normalized spacial score (nSPS) is 10.4. The van der Waals surface area contributed by atoms with Gasteiger partial charge in [0.1, 0.15) is 22.8 Å². The van der Waals surface area contributed by atoms with Gasteiger partial charge in [-0.15, -0.1) is 0 Å². The number of hydrogen-bond acceptors (Lipinski definition) is 4. The summed E-state index contributed by atoms with van der Waals surface area (Å²) in [4.78, 5) is 12.8. The van der Waals surface area contributed by atoms with Gasteiger partial charge in [-0.2, -0.15) is 0 Å². The van der Waals surface area contributed by atoms with E-state index in [2.05, 4.69) is 6.07 Å². The molecule has 0 aliphatic heterocycles. The van der Waals surface area contributed by atoms with Crippen LogP contribution in [0.5, 0.6) is 17.2 Å². The number of aryl methyl sites for hydroxylation is 2. The maximum absolute atomic E-state index is 12.8. The van der Waals surface area contributed by atoms with Crippen LogP contribution in [0, 0.1) is 13.8 Å². The molecular formula is C18H22LiO4P. The Labute approximate surface area is 158 Å². The van der Waals surface area contributed by atoms with E-state index in [-0.39, 0.29) is 34.4 Å². The first-order chi connectivity index (χ1) is 11.0. The van der Waals surface area contributed by atoms with Gasteiger partial charge in [-0.3, -0.25) is 4.79 Å². The average Bonchev–Trinajstić information content (AvgIpc) is 2.55. The van der Waals surface area contributed by atoms with Gasteiger partial charge in [-0.25, -0.2) is 0 Å². The topological polar surface area (TPSA) is 44.8 Å². The fourth-order valence-electron chi connectivity index (χ4n) is 2.37. The summed E-state index contributed by atoms with van der Waals surface area (Å²) in [6.07, 6.45) is 0. The molecule has 4 nitrogen and oxygen atoms in total. The summed E-state index contributed by atoms with van der Waals surface area (Å²) in [7, 11) is 4.64. The van der Waals surface area contributed by atoms with Gasteiger partial charge < -0.3 is 15.6 Å². The Balaban J connectivity index is 0.00000288. The molecule has 0 heterocycles. The molecule has 6 heteroatoms. The number of methoxy groups -OCH3 is 3. The molecule has 1 atom stereocenters. The predicted octanol–water partition coefficient (Wildman–Crippen LogP) is 0.590. The zero-order valence-corrected chi connectivity index (χ0v) is 16.0.